The lowest BCUT2D eigenvalue weighted by Gasteiger charge is -2.37. The normalized spacial score (nSPS) is 16.6. The lowest BCUT2D eigenvalue weighted by atomic mass is 9.95. The summed E-state index contributed by atoms with van der Waals surface area (Å²) >= 11 is 1.68. The molecule has 8 heterocycles. The minimum absolute atomic E-state index is 0.00470. The summed E-state index contributed by atoms with van der Waals surface area (Å²) < 4.78 is 70.1. The van der Waals surface area contributed by atoms with Crippen molar-refractivity contribution in [2.75, 3.05) is 114 Å². The summed E-state index contributed by atoms with van der Waals surface area (Å²) in [7, 11) is -5.35. The van der Waals surface area contributed by atoms with Gasteiger partial charge in [0.25, 0.3) is 5.91 Å². The molecule has 4 aromatic heterocycles. The van der Waals surface area contributed by atoms with Crippen LogP contribution in [-0.2, 0) is 55.6 Å². The van der Waals surface area contributed by atoms with Crippen molar-refractivity contribution in [2.24, 2.45) is 0 Å². The van der Waals surface area contributed by atoms with E-state index in [0.29, 0.717) is 85.1 Å². The Labute approximate surface area is 691 Å². The van der Waals surface area contributed by atoms with E-state index in [1.165, 1.54) is 40.5 Å². The maximum atomic E-state index is 13.1. The number of carbonyl (C=O) groups is 3. The van der Waals surface area contributed by atoms with E-state index in [1.54, 1.807) is 78.2 Å². The number of piperazine rings is 2. The highest BCUT2D eigenvalue weighted by Gasteiger charge is 2.34. The van der Waals surface area contributed by atoms with Crippen molar-refractivity contribution in [3.05, 3.63) is 251 Å². The van der Waals surface area contributed by atoms with Crippen LogP contribution in [0.3, 0.4) is 0 Å². The maximum absolute atomic E-state index is 13.1. The molecule has 3 amide bonds. The van der Waals surface area contributed by atoms with Crippen LogP contribution in [0.1, 0.15) is 112 Å². The highest BCUT2D eigenvalue weighted by atomic mass is 32.2. The molecular formula is C90H105N15O9S3. The fourth-order valence-corrected chi connectivity index (χ4v) is 17.7. The molecule has 1 unspecified atom stereocenters. The van der Waals surface area contributed by atoms with Crippen LogP contribution in [0.25, 0.3) is 34.9 Å². The molecule has 6 aliphatic rings. The number of imidazole rings is 1. The standard InChI is InChI=1S/C24H29N5O2.C24H26N2O3S.C23H26N4O2S.C19H24N4O2S/c1-31-22-10-6-5-9-21(22)26-23(30)19-28-15-13-27(14-16-28)17-18-29-12-11-25-24(29)20-7-3-2-4-8-20;1-30-20-9-5-17(6-10-20)7-12-23(27)25-18-8-11-22-21(16-18)24(28)26-14-3-2-4-19(26)13-15-29-22;1-18-9-11-19(12-10-18)13-17-30(28,29)25-15-16-27-22-8-3-2-6-20(22)23(26-27)21-7-4-5-14-24-21;1-14-3-6-17(11-15(14)2)26(24,25)23-9-7-22(8-10-23)19-12-18(16-4-5-16)20-13-21-19/h2-12H,13-19H2,1H3,(H,26,30);5-12,16,19H,2-4,13-15H2,1H3,(H,25,27);4-5,7,9-14,17,25H,2-3,6,8,15-16H2,1H3;3,6,11-13,16H,4-5,7-10H2,1-2H3/b;12-7+;17-13+;. The molecule has 10 aromatic rings. The molecule has 4 fully saturated rings. The number of thioether (sulfide) groups is 1. The number of rotatable bonds is 23. The average molecular weight is 1640 g/mol. The van der Waals surface area contributed by atoms with Gasteiger partial charge in [-0.05, 0) is 186 Å². The van der Waals surface area contributed by atoms with Crippen molar-refractivity contribution in [3.8, 4) is 34.3 Å². The number of aromatic nitrogens is 7. The van der Waals surface area contributed by atoms with E-state index in [9.17, 15) is 31.2 Å². The fourth-order valence-electron chi connectivity index (χ4n) is 15.0. The molecule has 27 heteroatoms. The van der Waals surface area contributed by atoms with Crippen LogP contribution in [0.2, 0.25) is 0 Å². The third-order valence-electron chi connectivity index (χ3n) is 21.9. The number of anilines is 3. The summed E-state index contributed by atoms with van der Waals surface area (Å²) in [4.78, 5) is 66.0. The molecule has 24 nitrogen and oxygen atoms in total. The molecule has 6 aromatic carbocycles. The first-order chi connectivity index (χ1) is 56.8. The molecule has 612 valence electrons. The number of pyridine rings is 1. The molecule has 3 saturated heterocycles. The van der Waals surface area contributed by atoms with Gasteiger partial charge in [0.15, 0.2) is 0 Å². The first kappa shape index (κ1) is 84.3. The molecule has 0 bridgehead atoms. The lowest BCUT2D eigenvalue weighted by molar-refractivity contribution is -0.117. The summed E-state index contributed by atoms with van der Waals surface area (Å²) in [5.74, 6) is 3.51. The van der Waals surface area contributed by atoms with Gasteiger partial charge in [0.2, 0.25) is 31.9 Å². The molecule has 0 radical (unpaired) electrons. The van der Waals surface area contributed by atoms with Gasteiger partial charge < -0.3 is 34.5 Å². The van der Waals surface area contributed by atoms with Gasteiger partial charge in [0.1, 0.15) is 35.2 Å². The smallest absolute Gasteiger partial charge is 0.257 e. The van der Waals surface area contributed by atoms with Crippen molar-refractivity contribution in [1.29, 1.82) is 0 Å². The van der Waals surface area contributed by atoms with E-state index in [1.807, 2.05) is 164 Å². The summed E-state index contributed by atoms with van der Waals surface area (Å²) in [5, 5.41) is 11.8. The number of ether oxygens (including phenoxy) is 2. The zero-order valence-corrected chi connectivity index (χ0v) is 69.8. The molecular weight excluding hydrogens is 1530 g/mol. The van der Waals surface area contributed by atoms with Crippen molar-refractivity contribution in [3.63, 3.8) is 0 Å². The third kappa shape index (κ3) is 23.2. The third-order valence-corrected chi connectivity index (χ3v) is 25.6. The Hall–Kier alpha value is -10.7. The van der Waals surface area contributed by atoms with E-state index >= 15 is 0 Å². The number of para-hydroxylation sites is 2. The van der Waals surface area contributed by atoms with Gasteiger partial charge in [-0.2, -0.15) is 9.40 Å². The highest BCUT2D eigenvalue weighted by molar-refractivity contribution is 7.98. The second-order valence-corrected chi connectivity index (χ2v) is 34.5. The van der Waals surface area contributed by atoms with E-state index in [4.69, 9.17) is 14.6 Å². The van der Waals surface area contributed by atoms with Gasteiger partial charge in [-0.25, -0.2) is 36.5 Å². The van der Waals surface area contributed by atoms with E-state index in [2.05, 4.69) is 72.8 Å². The number of carbonyl (C=O) groups excluding carboxylic acids is 3. The van der Waals surface area contributed by atoms with E-state index < -0.39 is 20.0 Å². The number of amides is 3. The molecule has 117 heavy (non-hydrogen) atoms. The van der Waals surface area contributed by atoms with Crippen LogP contribution in [0.15, 0.2) is 210 Å². The lowest BCUT2D eigenvalue weighted by Crippen LogP contribution is -2.49. The predicted octanol–water partition coefficient (Wildman–Crippen LogP) is 13.9. The molecule has 3 N–H and O–H groups in total. The largest absolute Gasteiger partial charge is 0.495 e. The van der Waals surface area contributed by atoms with Gasteiger partial charge >= 0.3 is 0 Å². The number of methoxy groups -OCH3 is 1. The number of nitrogens with zero attached hydrogens (tertiary/aromatic N) is 12. The number of benzene rings is 6. The summed E-state index contributed by atoms with van der Waals surface area (Å²) in [6.07, 6.45) is 25.0. The van der Waals surface area contributed by atoms with Gasteiger partial charge in [-0.1, -0.05) is 96.6 Å². The number of fused-ring (bicyclic) bond motifs is 3. The topological polar surface area (TPSA) is 265 Å². The molecule has 0 spiro atoms. The molecule has 1 saturated carbocycles. The molecule has 2 aliphatic carbocycles. The Kier molecular flexibility index (Phi) is 29.2. The Bertz CT molecular complexity index is 5300. The quantitative estimate of drug-likeness (QED) is 0.0397. The number of aryl methyl sites for hydroxylation is 3. The number of sulfonamides is 2. The maximum Gasteiger partial charge on any atom is 0.257 e. The number of nitrogens with one attached hydrogen (secondary N) is 3. The van der Waals surface area contributed by atoms with Gasteiger partial charge in [0, 0.05) is 166 Å². The van der Waals surface area contributed by atoms with Gasteiger partial charge in [-0.3, -0.25) is 33.8 Å². The average Bonchev–Trinajstić information content (AvgIpc) is 1.72. The van der Waals surface area contributed by atoms with Crippen molar-refractivity contribution >= 4 is 78.9 Å². The Morgan fingerprint density at radius 2 is 1.40 bits per heavy atom. The van der Waals surface area contributed by atoms with Crippen LogP contribution < -0.4 is 29.7 Å². The van der Waals surface area contributed by atoms with Crippen molar-refractivity contribution < 1.29 is 40.7 Å². The van der Waals surface area contributed by atoms with E-state index in [-0.39, 0.29) is 30.3 Å². The van der Waals surface area contributed by atoms with Crippen LogP contribution >= 0.6 is 11.8 Å². The second kappa shape index (κ2) is 40.5. The Morgan fingerprint density at radius 3 is 2.15 bits per heavy atom. The number of hydrogen-bond donors (Lipinski definition) is 3. The van der Waals surface area contributed by atoms with Crippen LogP contribution in [0, 0.1) is 20.8 Å². The predicted molar refractivity (Wildman–Crippen MR) is 463 cm³/mol. The SMILES string of the molecule is COc1ccccc1NC(=O)CN1CCN(CCn2ccnc2-c2ccccc2)CC1.CSc1ccc(/C=C/C(=O)Nc2ccc3c(c2)C(=O)N2CCCCC2CCO3)cc1.Cc1ccc(/C=C/S(=O)(=O)NCCn2nc(-c3ccccn3)c3c2CCCC3)cc1.Cc1ccc(S(=O)(=O)N2CCN(c3cc(C4CC4)ncn3)CC2)cc1C. The first-order valence-electron chi connectivity index (χ1n) is 40.4. The monoisotopic (exact) mass is 1640 g/mol. The first-order valence-corrected chi connectivity index (χ1v) is 44.6. The minimum Gasteiger partial charge on any atom is -0.495 e. The fraction of sp³-hybridized carbons (Fsp3) is 0.356. The molecule has 16 rings (SSSR count). The van der Waals surface area contributed by atoms with Gasteiger partial charge in [0.05, 0.1) is 48.6 Å². The van der Waals surface area contributed by atoms with Crippen LogP contribution in [-0.4, -0.2) is 192 Å². The Morgan fingerprint density at radius 1 is 0.658 bits per heavy atom. The summed E-state index contributed by atoms with van der Waals surface area (Å²) in [5.41, 5.74) is 13.4. The number of piperidine rings is 1. The summed E-state index contributed by atoms with van der Waals surface area (Å²) in [6.45, 7) is 16.3. The van der Waals surface area contributed by atoms with Crippen LogP contribution in [0.4, 0.5) is 17.2 Å². The van der Waals surface area contributed by atoms with Crippen LogP contribution in [0.5, 0.6) is 11.5 Å². The highest BCUT2D eigenvalue weighted by Crippen LogP contribution is 2.40. The summed E-state index contributed by atoms with van der Waals surface area (Å²) in [6, 6.07) is 52.2. The number of hydrogen-bond acceptors (Lipinski definition) is 18. The van der Waals surface area contributed by atoms with Gasteiger partial charge in [-0.15, -0.1) is 11.8 Å². The molecule has 1 atom stereocenters. The minimum atomic E-state index is -3.51. The Balaban J connectivity index is 0.000000136. The zero-order valence-electron chi connectivity index (χ0n) is 67.3. The second-order valence-electron chi connectivity index (χ2n) is 30.1. The molecule has 4 aliphatic heterocycles. The van der Waals surface area contributed by atoms with E-state index in [0.717, 1.165) is 159 Å². The van der Waals surface area contributed by atoms with Crippen molar-refractivity contribution in [1.82, 2.24) is 58.0 Å². The van der Waals surface area contributed by atoms with Crippen molar-refractivity contribution in [2.45, 2.75) is 120 Å². The zero-order chi connectivity index (χ0) is 81.7.